The second-order valence-corrected chi connectivity index (χ2v) is 16.8. The van der Waals surface area contributed by atoms with E-state index < -0.39 is 0 Å². The summed E-state index contributed by atoms with van der Waals surface area (Å²) in [6, 6.07) is 62.2. The fraction of sp³-hybridized carbons (Fsp3) is 0.154. The summed E-state index contributed by atoms with van der Waals surface area (Å²) >= 11 is 0. The van der Waals surface area contributed by atoms with Crippen molar-refractivity contribution in [1.82, 2.24) is 9.13 Å². The second kappa shape index (κ2) is 13.2. The molecule has 0 atom stereocenters. The highest BCUT2D eigenvalue weighted by atomic mass is 15.1. The molecule has 0 unspecified atom stereocenters. The van der Waals surface area contributed by atoms with Crippen molar-refractivity contribution in [2.24, 2.45) is 0 Å². The summed E-state index contributed by atoms with van der Waals surface area (Å²) in [7, 11) is 0. The summed E-state index contributed by atoms with van der Waals surface area (Å²) < 4.78 is 4.85. The SMILES string of the molecule is CC(C)(C)c1ccc(N(c2ccc(-n3c4ccccc4c4ccc5c(-c6ccccc6)cn(-c6ccccc6)c5c43)cc2)c2ccc(C(C)(C)C)cc2)cc1. The molecule has 2 heterocycles. The van der Waals surface area contributed by atoms with Crippen LogP contribution < -0.4 is 4.90 Å². The lowest BCUT2D eigenvalue weighted by Crippen LogP contribution is -2.14. The van der Waals surface area contributed by atoms with E-state index in [1.165, 1.54) is 55.0 Å². The molecule has 0 radical (unpaired) electrons. The molecule has 0 aliphatic carbocycles. The molecule has 0 spiro atoms. The Kier molecular flexibility index (Phi) is 8.27. The fourth-order valence-electron chi connectivity index (χ4n) is 8.09. The molecular weight excluding hydrogens is 667 g/mol. The van der Waals surface area contributed by atoms with Gasteiger partial charge in [-0.15, -0.1) is 0 Å². The van der Waals surface area contributed by atoms with Crippen LogP contribution in [0.1, 0.15) is 52.7 Å². The largest absolute Gasteiger partial charge is 0.314 e. The van der Waals surface area contributed by atoms with Crippen molar-refractivity contribution in [3.8, 4) is 22.5 Å². The minimum Gasteiger partial charge on any atom is -0.314 e. The molecule has 0 N–H and O–H groups in total. The third kappa shape index (κ3) is 6.10. The molecule has 0 amide bonds. The van der Waals surface area contributed by atoms with E-state index in [0.29, 0.717) is 0 Å². The zero-order valence-corrected chi connectivity index (χ0v) is 32.6. The molecule has 3 heteroatoms. The first-order chi connectivity index (χ1) is 26.6. The Hall–Kier alpha value is -6.32. The Morgan fingerprint density at radius 3 is 1.45 bits per heavy atom. The first-order valence-corrected chi connectivity index (χ1v) is 19.4. The summed E-state index contributed by atoms with van der Waals surface area (Å²) in [6.45, 7) is 13.6. The second-order valence-electron chi connectivity index (χ2n) is 16.8. The smallest absolute Gasteiger partial charge is 0.0788 e. The average molecular weight is 714 g/mol. The van der Waals surface area contributed by atoms with E-state index in [2.05, 4.69) is 232 Å². The van der Waals surface area contributed by atoms with Gasteiger partial charge < -0.3 is 14.0 Å². The van der Waals surface area contributed by atoms with E-state index in [9.17, 15) is 0 Å². The number of anilines is 3. The van der Waals surface area contributed by atoms with Crippen LogP contribution in [0.4, 0.5) is 17.1 Å². The molecule has 3 nitrogen and oxygen atoms in total. The van der Waals surface area contributed by atoms with Crippen LogP contribution >= 0.6 is 0 Å². The fourth-order valence-corrected chi connectivity index (χ4v) is 8.09. The number of hydrogen-bond donors (Lipinski definition) is 0. The number of para-hydroxylation sites is 2. The van der Waals surface area contributed by atoms with Gasteiger partial charge in [-0.05, 0) is 94.3 Å². The topological polar surface area (TPSA) is 13.1 Å². The van der Waals surface area contributed by atoms with Crippen molar-refractivity contribution < 1.29 is 0 Å². The zero-order valence-electron chi connectivity index (χ0n) is 32.6. The Morgan fingerprint density at radius 2 is 0.891 bits per heavy atom. The van der Waals surface area contributed by atoms with Crippen LogP contribution in [-0.4, -0.2) is 9.13 Å². The number of fused-ring (bicyclic) bond motifs is 5. The lowest BCUT2D eigenvalue weighted by molar-refractivity contribution is 0.590. The van der Waals surface area contributed by atoms with E-state index in [1.807, 2.05) is 0 Å². The molecule has 9 aromatic rings. The van der Waals surface area contributed by atoms with Gasteiger partial charge in [-0.2, -0.15) is 0 Å². The quantitative estimate of drug-likeness (QED) is 0.167. The zero-order chi connectivity index (χ0) is 37.9. The van der Waals surface area contributed by atoms with Crippen LogP contribution in [0.2, 0.25) is 0 Å². The maximum Gasteiger partial charge on any atom is 0.0788 e. The molecule has 2 aromatic heterocycles. The van der Waals surface area contributed by atoms with Gasteiger partial charge in [0.05, 0.1) is 16.6 Å². The summed E-state index contributed by atoms with van der Waals surface area (Å²) in [5.74, 6) is 0. The number of rotatable bonds is 6. The maximum atomic E-state index is 2.46. The van der Waals surface area contributed by atoms with Crippen molar-refractivity contribution in [2.45, 2.75) is 52.4 Å². The molecule has 270 valence electrons. The number of hydrogen-bond acceptors (Lipinski definition) is 1. The van der Waals surface area contributed by atoms with Crippen molar-refractivity contribution in [1.29, 1.82) is 0 Å². The number of nitrogens with zero attached hydrogens (tertiary/aromatic N) is 3. The first-order valence-electron chi connectivity index (χ1n) is 19.4. The molecule has 55 heavy (non-hydrogen) atoms. The lowest BCUT2D eigenvalue weighted by atomic mass is 9.86. The minimum atomic E-state index is 0.0787. The monoisotopic (exact) mass is 713 g/mol. The predicted octanol–water partition coefficient (Wildman–Crippen LogP) is 14.5. The van der Waals surface area contributed by atoms with Crippen LogP contribution in [0.25, 0.3) is 55.2 Å². The van der Waals surface area contributed by atoms with Crippen molar-refractivity contribution in [3.05, 3.63) is 187 Å². The van der Waals surface area contributed by atoms with Crippen LogP contribution in [0.15, 0.2) is 176 Å². The molecule has 9 rings (SSSR count). The molecule has 0 saturated heterocycles. The molecule has 0 aliphatic rings. The number of benzene rings is 7. The summed E-state index contributed by atoms with van der Waals surface area (Å²) in [5, 5.41) is 3.71. The van der Waals surface area contributed by atoms with Gasteiger partial charge in [-0.3, -0.25) is 0 Å². The Balaban J connectivity index is 1.25. The molecular formula is C52H47N3. The van der Waals surface area contributed by atoms with Gasteiger partial charge in [0, 0.05) is 56.4 Å². The van der Waals surface area contributed by atoms with E-state index >= 15 is 0 Å². The van der Waals surface area contributed by atoms with Crippen molar-refractivity contribution >= 4 is 49.8 Å². The van der Waals surface area contributed by atoms with Crippen LogP contribution in [0.3, 0.4) is 0 Å². The summed E-state index contributed by atoms with van der Waals surface area (Å²) in [6.07, 6.45) is 2.31. The Morgan fingerprint density at radius 1 is 0.400 bits per heavy atom. The molecule has 7 aromatic carbocycles. The van der Waals surface area contributed by atoms with Gasteiger partial charge in [0.2, 0.25) is 0 Å². The van der Waals surface area contributed by atoms with E-state index in [4.69, 9.17) is 0 Å². The first kappa shape index (κ1) is 34.4. The van der Waals surface area contributed by atoms with Gasteiger partial charge in [0.1, 0.15) is 0 Å². The normalized spacial score (nSPS) is 12.2. The molecule has 0 fully saturated rings. The third-order valence-corrected chi connectivity index (χ3v) is 11.1. The highest BCUT2D eigenvalue weighted by Crippen LogP contribution is 2.43. The van der Waals surface area contributed by atoms with Gasteiger partial charge in [-0.1, -0.05) is 145 Å². The van der Waals surface area contributed by atoms with E-state index in [1.54, 1.807) is 0 Å². The minimum absolute atomic E-state index is 0.0787. The van der Waals surface area contributed by atoms with Gasteiger partial charge in [-0.25, -0.2) is 0 Å². The Labute approximate surface area is 324 Å². The highest BCUT2D eigenvalue weighted by molar-refractivity contribution is 6.20. The van der Waals surface area contributed by atoms with Gasteiger partial charge >= 0.3 is 0 Å². The van der Waals surface area contributed by atoms with Gasteiger partial charge in [0.25, 0.3) is 0 Å². The molecule has 0 aliphatic heterocycles. The molecule has 0 saturated carbocycles. The Bertz CT molecular complexity index is 2710. The standard InChI is InChI=1S/C52H47N3/c1-51(2,3)37-21-25-40(26-22-37)54(41-27-23-38(24-28-41)52(4,5)6)42-29-31-43(32-30-42)55-48-20-14-13-19-44(48)45-33-34-46-47(36-15-9-7-10-16-36)35-53(49(46)50(45)55)39-17-11-8-12-18-39/h7-35H,1-6H3. The summed E-state index contributed by atoms with van der Waals surface area (Å²) in [4.78, 5) is 2.37. The van der Waals surface area contributed by atoms with Crippen LogP contribution in [-0.2, 0) is 10.8 Å². The maximum absolute atomic E-state index is 2.46. The number of aromatic nitrogens is 2. The van der Waals surface area contributed by atoms with Crippen molar-refractivity contribution in [3.63, 3.8) is 0 Å². The van der Waals surface area contributed by atoms with Gasteiger partial charge in [0.15, 0.2) is 0 Å². The lowest BCUT2D eigenvalue weighted by Gasteiger charge is -2.28. The van der Waals surface area contributed by atoms with Crippen molar-refractivity contribution in [2.75, 3.05) is 4.90 Å². The highest BCUT2D eigenvalue weighted by Gasteiger charge is 2.22. The van der Waals surface area contributed by atoms with Crippen LogP contribution in [0, 0.1) is 0 Å². The third-order valence-electron chi connectivity index (χ3n) is 11.1. The average Bonchev–Trinajstić information content (AvgIpc) is 3.75. The van der Waals surface area contributed by atoms with Crippen LogP contribution in [0.5, 0.6) is 0 Å². The predicted molar refractivity (Wildman–Crippen MR) is 235 cm³/mol. The van der Waals surface area contributed by atoms with E-state index in [-0.39, 0.29) is 10.8 Å². The molecule has 0 bridgehead atoms. The summed E-state index contributed by atoms with van der Waals surface area (Å²) in [5.41, 5.74) is 14.5. The van der Waals surface area contributed by atoms with E-state index in [0.717, 1.165) is 28.4 Å².